The first-order chi connectivity index (χ1) is 13.7. The molecule has 0 radical (unpaired) electrons. The molecule has 2 heterocycles. The van der Waals surface area contributed by atoms with Crippen molar-refractivity contribution < 1.29 is 4.74 Å². The van der Waals surface area contributed by atoms with Gasteiger partial charge in [0.15, 0.2) is 0 Å². The number of hydrogen-bond acceptors (Lipinski definition) is 3. The second-order valence-corrected chi connectivity index (χ2v) is 7.23. The van der Waals surface area contributed by atoms with E-state index in [0.29, 0.717) is 0 Å². The Morgan fingerprint density at radius 2 is 1.75 bits per heavy atom. The monoisotopic (exact) mass is 373 g/mol. The van der Waals surface area contributed by atoms with Crippen LogP contribution in [0.15, 0.2) is 42.5 Å². The summed E-state index contributed by atoms with van der Waals surface area (Å²) in [5.74, 6) is 7.43. The lowest BCUT2D eigenvalue weighted by Gasteiger charge is -2.28. The van der Waals surface area contributed by atoms with Gasteiger partial charge in [-0.2, -0.15) is 0 Å². The number of anilines is 2. The minimum Gasteiger partial charge on any atom is -0.497 e. The maximum Gasteiger partial charge on any atom is 0.120 e. The van der Waals surface area contributed by atoms with E-state index in [-0.39, 0.29) is 0 Å². The van der Waals surface area contributed by atoms with Gasteiger partial charge >= 0.3 is 0 Å². The number of methoxy groups -OCH3 is 1. The highest BCUT2D eigenvalue weighted by Crippen LogP contribution is 2.31. The van der Waals surface area contributed by atoms with Crippen molar-refractivity contribution in [2.75, 3.05) is 30.8 Å². The highest BCUT2D eigenvalue weighted by atomic mass is 16.5. The summed E-state index contributed by atoms with van der Waals surface area (Å²) in [5.41, 5.74) is 11.4. The van der Waals surface area contributed by atoms with E-state index in [1.54, 1.807) is 7.11 Å². The summed E-state index contributed by atoms with van der Waals surface area (Å²) in [7, 11) is 1.68. The lowest BCUT2D eigenvalue weighted by molar-refractivity contribution is 0.415. The number of fused-ring (bicyclic) bond motifs is 1. The maximum atomic E-state index is 6.42. The largest absolute Gasteiger partial charge is 0.497 e. The Morgan fingerprint density at radius 3 is 2.43 bits per heavy atom. The fraction of sp³-hybridized carbons (Fsp3) is 0.333. The van der Waals surface area contributed by atoms with Crippen molar-refractivity contribution in [3.63, 3.8) is 0 Å². The van der Waals surface area contributed by atoms with E-state index in [4.69, 9.17) is 10.5 Å². The number of ether oxygens (including phenoxy) is 1. The van der Waals surface area contributed by atoms with Crippen molar-refractivity contribution >= 4 is 22.3 Å². The van der Waals surface area contributed by atoms with Gasteiger partial charge in [0.25, 0.3) is 0 Å². The zero-order valence-corrected chi connectivity index (χ0v) is 16.7. The van der Waals surface area contributed by atoms with Crippen LogP contribution in [0.2, 0.25) is 0 Å². The molecule has 1 saturated heterocycles. The van der Waals surface area contributed by atoms with Gasteiger partial charge in [0.05, 0.1) is 18.3 Å². The van der Waals surface area contributed by atoms with Crippen LogP contribution in [0.25, 0.3) is 10.9 Å². The highest BCUT2D eigenvalue weighted by molar-refractivity contribution is 5.96. The first-order valence-electron chi connectivity index (χ1n) is 10.0. The van der Waals surface area contributed by atoms with Crippen LogP contribution in [0.5, 0.6) is 5.75 Å². The third-order valence-electron chi connectivity index (χ3n) is 5.54. The molecule has 28 heavy (non-hydrogen) atoms. The molecule has 1 aromatic heterocycles. The summed E-state index contributed by atoms with van der Waals surface area (Å²) in [6, 6.07) is 14.5. The number of rotatable bonds is 3. The van der Waals surface area contributed by atoms with Crippen LogP contribution in [0.3, 0.4) is 0 Å². The molecule has 0 amide bonds. The quantitative estimate of drug-likeness (QED) is 0.680. The summed E-state index contributed by atoms with van der Waals surface area (Å²) in [4.78, 5) is 2.46. The lowest BCUT2D eigenvalue weighted by atomic mass is 10.1. The molecule has 144 valence electrons. The summed E-state index contributed by atoms with van der Waals surface area (Å²) in [5, 5.41) is 1.02. The van der Waals surface area contributed by atoms with E-state index in [1.807, 2.05) is 18.2 Å². The molecule has 0 saturated carbocycles. The number of benzene rings is 2. The SMILES string of the molecule is CCn1c(C#Cc2ccc(N3CCCCC3)cc2)c(N)c2ccc(OC)cc21. The van der Waals surface area contributed by atoms with Gasteiger partial charge in [0, 0.05) is 42.3 Å². The normalized spacial score (nSPS) is 14.0. The molecule has 2 aromatic carbocycles. The standard InChI is InChI=1S/C24H27N3O/c1-3-27-22(24(25)21-13-12-20(28-2)17-23(21)27)14-9-18-7-10-19(11-8-18)26-15-5-4-6-16-26/h7-8,10-13,17H,3-6,15-16,25H2,1-2H3. The van der Waals surface area contributed by atoms with Crippen molar-refractivity contribution in [3.05, 3.63) is 53.7 Å². The van der Waals surface area contributed by atoms with E-state index >= 15 is 0 Å². The van der Waals surface area contributed by atoms with Crippen LogP contribution in [-0.4, -0.2) is 24.8 Å². The topological polar surface area (TPSA) is 43.4 Å². The predicted molar refractivity (Wildman–Crippen MR) is 117 cm³/mol. The van der Waals surface area contributed by atoms with Crippen molar-refractivity contribution in [2.24, 2.45) is 0 Å². The fourth-order valence-corrected chi connectivity index (χ4v) is 3.99. The smallest absolute Gasteiger partial charge is 0.120 e. The zero-order chi connectivity index (χ0) is 19.5. The minimum absolute atomic E-state index is 0.733. The van der Waals surface area contributed by atoms with Crippen molar-refractivity contribution in [1.29, 1.82) is 0 Å². The molecule has 0 bridgehead atoms. The minimum atomic E-state index is 0.733. The Kier molecular flexibility index (Phi) is 5.16. The number of hydrogen-bond donors (Lipinski definition) is 1. The first kappa shape index (κ1) is 18.3. The Morgan fingerprint density at radius 1 is 1.00 bits per heavy atom. The first-order valence-corrected chi connectivity index (χ1v) is 10.0. The maximum absolute atomic E-state index is 6.42. The van der Waals surface area contributed by atoms with Gasteiger partial charge in [0.2, 0.25) is 0 Å². The van der Waals surface area contributed by atoms with E-state index < -0.39 is 0 Å². The van der Waals surface area contributed by atoms with Crippen LogP contribution in [0.4, 0.5) is 11.4 Å². The van der Waals surface area contributed by atoms with Crippen LogP contribution in [-0.2, 0) is 6.54 Å². The molecule has 1 aliphatic rings. The number of aryl methyl sites for hydroxylation is 1. The molecule has 0 unspecified atom stereocenters. The summed E-state index contributed by atoms with van der Waals surface area (Å²) in [6.45, 7) is 5.22. The van der Waals surface area contributed by atoms with E-state index in [9.17, 15) is 0 Å². The molecule has 1 fully saturated rings. The van der Waals surface area contributed by atoms with E-state index in [1.165, 1.54) is 24.9 Å². The highest BCUT2D eigenvalue weighted by Gasteiger charge is 2.13. The summed E-state index contributed by atoms with van der Waals surface area (Å²) < 4.78 is 7.52. The molecule has 3 aromatic rings. The van der Waals surface area contributed by atoms with Gasteiger partial charge in [-0.25, -0.2) is 0 Å². The molecular formula is C24H27N3O. The Bertz CT molecular complexity index is 1030. The molecule has 0 aliphatic carbocycles. The second kappa shape index (κ2) is 7.90. The van der Waals surface area contributed by atoms with Gasteiger partial charge in [-0.05, 0) is 68.5 Å². The van der Waals surface area contributed by atoms with Crippen LogP contribution >= 0.6 is 0 Å². The molecular weight excluding hydrogens is 346 g/mol. The van der Waals surface area contributed by atoms with Crippen molar-refractivity contribution in [2.45, 2.75) is 32.7 Å². The van der Waals surface area contributed by atoms with Gasteiger partial charge < -0.3 is 19.9 Å². The molecule has 4 rings (SSSR count). The zero-order valence-electron chi connectivity index (χ0n) is 16.7. The Hall–Kier alpha value is -3.06. The number of nitrogens with two attached hydrogens (primary N) is 1. The molecule has 0 atom stereocenters. The van der Waals surface area contributed by atoms with E-state index in [0.717, 1.165) is 53.2 Å². The number of piperidine rings is 1. The number of nitrogen functional groups attached to an aromatic ring is 1. The Balaban J connectivity index is 1.65. The van der Waals surface area contributed by atoms with Gasteiger partial charge in [-0.3, -0.25) is 0 Å². The van der Waals surface area contributed by atoms with E-state index in [2.05, 4.69) is 52.5 Å². The average molecular weight is 374 g/mol. The number of aromatic nitrogens is 1. The Labute approximate surface area is 166 Å². The third-order valence-corrected chi connectivity index (χ3v) is 5.54. The van der Waals surface area contributed by atoms with Crippen LogP contribution < -0.4 is 15.4 Å². The van der Waals surface area contributed by atoms with Gasteiger partial charge in [-0.15, -0.1) is 0 Å². The number of nitrogens with zero attached hydrogens (tertiary/aromatic N) is 2. The predicted octanol–water partition coefficient (Wildman–Crippen LogP) is 4.64. The summed E-state index contributed by atoms with van der Waals surface area (Å²) >= 11 is 0. The molecule has 0 spiro atoms. The van der Waals surface area contributed by atoms with Crippen molar-refractivity contribution in [3.8, 4) is 17.6 Å². The van der Waals surface area contributed by atoms with Gasteiger partial charge in [-0.1, -0.05) is 5.92 Å². The van der Waals surface area contributed by atoms with Crippen LogP contribution in [0.1, 0.15) is 37.4 Å². The molecule has 2 N–H and O–H groups in total. The second-order valence-electron chi connectivity index (χ2n) is 7.23. The van der Waals surface area contributed by atoms with Crippen LogP contribution in [0, 0.1) is 11.8 Å². The van der Waals surface area contributed by atoms with Gasteiger partial charge in [0.1, 0.15) is 11.4 Å². The summed E-state index contributed by atoms with van der Waals surface area (Å²) in [6.07, 6.45) is 3.92. The fourth-order valence-electron chi connectivity index (χ4n) is 3.99. The molecule has 4 heteroatoms. The lowest BCUT2D eigenvalue weighted by Crippen LogP contribution is -2.29. The van der Waals surface area contributed by atoms with Crippen molar-refractivity contribution in [1.82, 2.24) is 4.57 Å². The molecule has 4 nitrogen and oxygen atoms in total. The molecule has 1 aliphatic heterocycles. The average Bonchev–Trinajstić information content (AvgIpc) is 3.03. The third kappa shape index (κ3) is 3.41.